The molecule has 77 heavy (non-hydrogen) atoms. The summed E-state index contributed by atoms with van der Waals surface area (Å²) in [5.74, 6) is -1.43. The van der Waals surface area contributed by atoms with Crippen LogP contribution in [0.3, 0.4) is 0 Å². The first-order valence-electron chi connectivity index (χ1n) is 27.8. The van der Waals surface area contributed by atoms with E-state index in [1.54, 1.807) is 29.2 Å². The lowest BCUT2D eigenvalue weighted by Crippen LogP contribution is -2.52. The number of anilines is 2. The number of nitrogens with one attached hydrogen (secondary N) is 3. The van der Waals surface area contributed by atoms with Crippen molar-refractivity contribution in [3.63, 3.8) is 0 Å². The lowest BCUT2D eigenvalue weighted by Gasteiger charge is -2.37. The van der Waals surface area contributed by atoms with Crippen molar-refractivity contribution in [1.29, 1.82) is 0 Å². The van der Waals surface area contributed by atoms with Gasteiger partial charge in [-0.3, -0.25) is 24.0 Å². The van der Waals surface area contributed by atoms with Crippen molar-refractivity contribution in [3.05, 3.63) is 143 Å². The summed E-state index contributed by atoms with van der Waals surface area (Å²) in [4.78, 5) is 86.0. The smallest absolute Gasteiger partial charge is 0.407 e. The third kappa shape index (κ3) is 10.5. The van der Waals surface area contributed by atoms with Crippen molar-refractivity contribution in [2.24, 2.45) is 5.92 Å². The molecule has 3 aliphatic carbocycles. The summed E-state index contributed by atoms with van der Waals surface area (Å²) in [7, 11) is 2.65. The number of rotatable bonds is 16. The zero-order valence-electron chi connectivity index (χ0n) is 45.4. The number of ether oxygens (including phenoxy) is 2. The molecule has 5 amide bonds. The number of hydrogen-bond donors (Lipinski definition) is 3. The second-order valence-electron chi connectivity index (χ2n) is 23.2. The molecule has 10 rings (SSSR count). The Kier molecular flexibility index (Phi) is 15.2. The van der Waals surface area contributed by atoms with Crippen molar-refractivity contribution >= 4 is 47.1 Å². The van der Waals surface area contributed by atoms with Crippen LogP contribution in [0.5, 0.6) is 0 Å². The number of piperidine rings is 1. The number of carbonyl (C=O) groups is 6. The molecule has 0 spiro atoms. The van der Waals surface area contributed by atoms with Crippen LogP contribution in [0.4, 0.5) is 16.2 Å². The van der Waals surface area contributed by atoms with Crippen molar-refractivity contribution in [2.75, 3.05) is 31.4 Å². The Labute approximate surface area is 452 Å². The van der Waals surface area contributed by atoms with Crippen LogP contribution < -0.4 is 16.0 Å². The van der Waals surface area contributed by atoms with E-state index in [1.807, 2.05) is 65.6 Å². The van der Waals surface area contributed by atoms with Crippen LogP contribution in [0.25, 0.3) is 22.3 Å². The fraction of sp³-hybridized carbons (Fsp3) is 0.438. The van der Waals surface area contributed by atoms with Crippen molar-refractivity contribution < 1.29 is 38.2 Å². The third-order valence-electron chi connectivity index (χ3n) is 17.5. The van der Waals surface area contributed by atoms with Crippen molar-refractivity contribution in [1.82, 2.24) is 15.1 Å². The van der Waals surface area contributed by atoms with Gasteiger partial charge in [0.2, 0.25) is 17.7 Å². The molecule has 13 heteroatoms. The van der Waals surface area contributed by atoms with E-state index in [0.717, 1.165) is 61.6 Å². The molecule has 5 aromatic carbocycles. The molecule has 13 nitrogen and oxygen atoms in total. The van der Waals surface area contributed by atoms with Gasteiger partial charge in [-0.25, -0.2) is 4.79 Å². The maximum absolute atomic E-state index is 14.8. The predicted octanol–water partition coefficient (Wildman–Crippen LogP) is 11.3. The number of likely N-dealkylation sites (tertiary alicyclic amines) is 2. The molecular weight excluding hydrogens is 967 g/mol. The number of nitrogens with zero attached hydrogens (tertiary/aromatic N) is 2. The number of benzene rings is 5. The Morgan fingerprint density at radius 3 is 1.82 bits per heavy atom. The standard InChI is InChI=1S/C64H73N5O8/c1-63(2)34-32-49-53(42-23-16-25-45(37-42)66-59(72)57-43-29-30-46(38-43)69(57)60(73)47(39-18-9-7-10-19-39)26-13-14-28-51(70)76-5)55-48(31-33-64(55,3)4)52(54(49)63)41-22-15-24-44(36-41)65-58(71)50-27-17-35-68(50)61(74)56(67-62(75)77-6)40-20-11-8-12-21-40/h7-12,15-16,18-25,36-37,43,46-47,50,56-57H,13-14,17,26-35,38H2,1-6H3,(H,65,71)(H,66,72)(H,67,75)/t43?,46?,47-,50+,56?,57?/m1/s1. The van der Waals surface area contributed by atoms with Gasteiger partial charge < -0.3 is 35.2 Å². The van der Waals surface area contributed by atoms with E-state index in [2.05, 4.69) is 67.9 Å². The molecular formula is C64H73N5O8. The molecule has 2 heterocycles. The summed E-state index contributed by atoms with van der Waals surface area (Å²) < 4.78 is 9.75. The molecule has 1 saturated carbocycles. The van der Waals surface area contributed by atoms with Gasteiger partial charge in [0, 0.05) is 30.4 Å². The van der Waals surface area contributed by atoms with Crippen LogP contribution in [0.15, 0.2) is 109 Å². The minimum atomic E-state index is -1.02. The van der Waals surface area contributed by atoms with E-state index in [1.165, 1.54) is 47.6 Å². The number of hydrogen-bond acceptors (Lipinski definition) is 8. The highest BCUT2D eigenvalue weighted by molar-refractivity contribution is 6.01. The maximum atomic E-state index is 14.8. The molecule has 6 atom stereocenters. The second-order valence-corrected chi connectivity index (χ2v) is 23.2. The van der Waals surface area contributed by atoms with Gasteiger partial charge in [0.05, 0.1) is 20.1 Å². The van der Waals surface area contributed by atoms with Crippen LogP contribution >= 0.6 is 0 Å². The first-order valence-corrected chi connectivity index (χ1v) is 27.8. The Morgan fingerprint density at radius 2 is 1.23 bits per heavy atom. The van der Waals surface area contributed by atoms with Gasteiger partial charge in [0.1, 0.15) is 18.1 Å². The highest BCUT2D eigenvalue weighted by Gasteiger charge is 2.52. The Hall–Kier alpha value is -7.28. The molecule has 0 aromatic heterocycles. The lowest BCUT2D eigenvalue weighted by molar-refractivity contribution is -0.142. The van der Waals surface area contributed by atoms with Gasteiger partial charge in [-0.2, -0.15) is 0 Å². The number of alkyl carbamates (subject to hydrolysis) is 1. The van der Waals surface area contributed by atoms with Crippen LogP contribution in [0, 0.1) is 5.92 Å². The summed E-state index contributed by atoms with van der Waals surface area (Å²) in [6.07, 6.45) is 8.86. The van der Waals surface area contributed by atoms with E-state index in [9.17, 15) is 28.8 Å². The highest BCUT2D eigenvalue weighted by Crippen LogP contribution is 2.57. The fourth-order valence-corrected chi connectivity index (χ4v) is 13.8. The second kappa shape index (κ2) is 22.0. The number of methoxy groups -OCH3 is 2. The zero-order chi connectivity index (χ0) is 54.2. The van der Waals surface area contributed by atoms with Crippen molar-refractivity contribution in [2.45, 2.75) is 152 Å². The molecule has 5 aromatic rings. The molecule has 0 radical (unpaired) electrons. The molecule has 2 bridgehead atoms. The molecule has 3 fully saturated rings. The topological polar surface area (TPSA) is 163 Å². The summed E-state index contributed by atoms with van der Waals surface area (Å²) in [6, 6.07) is 32.9. The van der Waals surface area contributed by atoms with E-state index < -0.39 is 30.1 Å². The molecule has 2 aliphatic heterocycles. The van der Waals surface area contributed by atoms with Gasteiger partial charge in [-0.05, 0) is 167 Å². The summed E-state index contributed by atoms with van der Waals surface area (Å²) >= 11 is 0. The monoisotopic (exact) mass is 1040 g/mol. The largest absolute Gasteiger partial charge is 0.469 e. The average Bonchev–Trinajstić information content (AvgIpc) is 4.42. The van der Waals surface area contributed by atoms with Crippen molar-refractivity contribution in [3.8, 4) is 22.3 Å². The summed E-state index contributed by atoms with van der Waals surface area (Å²) in [5.41, 5.74) is 12.3. The lowest BCUT2D eigenvalue weighted by atomic mass is 9.73. The van der Waals surface area contributed by atoms with Gasteiger partial charge in [0.25, 0.3) is 5.91 Å². The Bertz CT molecular complexity index is 3080. The minimum Gasteiger partial charge on any atom is -0.469 e. The SMILES string of the molecule is COC(=O)CCCC[C@@H](C(=O)N1C2CCC(C2)C1C(=O)Nc1cccc(-c2c3c(c(-c4cccc(NC(=O)[C@@H]5CCCN5C(=O)C(NC(=O)OC)c5ccccc5)c4)c4c2C(C)(C)CC4)C(C)(C)CC3)c1)c1ccccc1. The normalized spacial score (nSPS) is 21.2. The van der Waals surface area contributed by atoms with E-state index >= 15 is 0 Å². The zero-order valence-corrected chi connectivity index (χ0v) is 45.4. The predicted molar refractivity (Wildman–Crippen MR) is 298 cm³/mol. The van der Waals surface area contributed by atoms with Crippen LogP contribution in [-0.2, 0) is 57.1 Å². The number of unbranched alkanes of at least 4 members (excludes halogenated alkanes) is 1. The number of fused-ring (bicyclic) bond motifs is 4. The van der Waals surface area contributed by atoms with E-state index in [-0.39, 0.29) is 52.4 Å². The fourth-order valence-electron chi connectivity index (χ4n) is 13.8. The number of esters is 1. The van der Waals surface area contributed by atoms with Crippen LogP contribution in [0.2, 0.25) is 0 Å². The molecule has 4 unspecified atom stereocenters. The number of amides is 5. The minimum absolute atomic E-state index is 0.00638. The van der Waals surface area contributed by atoms with Gasteiger partial charge in [-0.15, -0.1) is 0 Å². The third-order valence-corrected chi connectivity index (χ3v) is 17.5. The highest BCUT2D eigenvalue weighted by atomic mass is 16.5. The van der Waals surface area contributed by atoms with Crippen LogP contribution in [-0.4, -0.2) is 84.4 Å². The maximum Gasteiger partial charge on any atom is 0.407 e. The molecule has 2 saturated heterocycles. The quantitative estimate of drug-likeness (QED) is 0.0649. The Balaban J connectivity index is 0.931. The van der Waals surface area contributed by atoms with Gasteiger partial charge in [-0.1, -0.05) is 119 Å². The molecule has 3 N–H and O–H groups in total. The average molecular weight is 1040 g/mol. The van der Waals surface area contributed by atoms with Crippen LogP contribution in [0.1, 0.15) is 144 Å². The van der Waals surface area contributed by atoms with Gasteiger partial charge >= 0.3 is 12.1 Å². The van der Waals surface area contributed by atoms with Gasteiger partial charge in [0.15, 0.2) is 0 Å². The molecule has 402 valence electrons. The van der Waals surface area contributed by atoms with E-state index in [4.69, 9.17) is 9.47 Å². The summed E-state index contributed by atoms with van der Waals surface area (Å²) in [5, 5.41) is 9.21. The first-order chi connectivity index (χ1) is 37.1. The molecule has 5 aliphatic rings. The van der Waals surface area contributed by atoms with E-state index in [0.29, 0.717) is 62.0 Å². The first kappa shape index (κ1) is 53.1. The summed E-state index contributed by atoms with van der Waals surface area (Å²) in [6.45, 7) is 9.71. The Morgan fingerprint density at radius 1 is 0.649 bits per heavy atom. The number of carbonyl (C=O) groups excluding carboxylic acids is 6.